The molecule has 0 bridgehead atoms. The van der Waals surface area contributed by atoms with Crippen molar-refractivity contribution in [2.45, 2.75) is 251 Å². The molecule has 3 unspecified atom stereocenters. The van der Waals surface area contributed by atoms with Gasteiger partial charge in [-0.15, -0.1) is 0 Å². The summed E-state index contributed by atoms with van der Waals surface area (Å²) in [5.74, 6) is -0.592. The molecule has 9 nitrogen and oxygen atoms in total. The van der Waals surface area contributed by atoms with E-state index in [2.05, 4.69) is 135 Å². The number of hydrogen-bond acceptors (Lipinski definition) is 7. The lowest BCUT2D eigenvalue weighted by Crippen LogP contribution is -2.47. The molecule has 0 rings (SSSR count). The molecule has 0 spiro atoms. The number of hydrogen-bond donors (Lipinski definition) is 1. The third-order valence-corrected chi connectivity index (χ3v) is 13.9. The zero-order valence-electron chi connectivity index (χ0n) is 50.1. The van der Waals surface area contributed by atoms with Crippen molar-refractivity contribution in [1.82, 2.24) is 5.32 Å². The molecule has 1 N–H and O–H groups in total. The Balaban J connectivity index is 5.34. The molecule has 0 saturated heterocycles. The van der Waals surface area contributed by atoms with Crippen molar-refractivity contribution in [3.63, 3.8) is 0 Å². The lowest BCUT2D eigenvalue weighted by Gasteiger charge is -2.30. The Hall–Kier alpha value is -3.59. The van der Waals surface area contributed by atoms with E-state index in [-0.39, 0.29) is 24.9 Å². The van der Waals surface area contributed by atoms with Crippen molar-refractivity contribution < 1.29 is 37.3 Å². The third kappa shape index (κ3) is 56.9. The number of amides is 1. The Morgan fingerprint density at radius 3 is 1.39 bits per heavy atom. The van der Waals surface area contributed by atoms with E-state index in [0.717, 1.165) is 116 Å². The summed E-state index contributed by atoms with van der Waals surface area (Å²) in [5.41, 5.74) is 0. The summed E-state index contributed by atoms with van der Waals surface area (Å²) < 4.78 is 30.3. The lowest BCUT2D eigenvalue weighted by molar-refractivity contribution is -0.870. The van der Waals surface area contributed by atoms with Gasteiger partial charge in [-0.2, -0.15) is 0 Å². The molecule has 0 aliphatic heterocycles. The standard InChI is InChI=1S/C67H115N2O7P/c1-7-10-13-16-19-22-25-28-30-31-32-33-34-35-36-37-39-42-45-48-51-54-57-60-67(71)76-65(58-55-52-49-46-43-40-27-24-21-18-15-12-9-3)64(63-75-77(72,73)74-62-61-69(4,5)6)68-66(70)59-56-53-50-47-44-41-38-29-26-23-20-17-14-11-8-2/h10-11,13-14,17,19-20,22-23,26,28,30,32-33,35-36,39,42,55,58,64-65H,7-9,12,15-16,18,21,24-25,27,29,31,34,37-38,40-41,43-54,56-57,59-63H2,1-6H3,(H-,68,70,72,73)/b13-10-,14-11+,20-17+,22-19-,26-23+,30-28-,33-32-,36-35-,42-39-,58-55-. The van der Waals surface area contributed by atoms with Gasteiger partial charge in [0.2, 0.25) is 5.91 Å². The van der Waals surface area contributed by atoms with Gasteiger partial charge >= 0.3 is 5.97 Å². The van der Waals surface area contributed by atoms with E-state index >= 15 is 0 Å². The lowest BCUT2D eigenvalue weighted by atomic mass is 10.0. The van der Waals surface area contributed by atoms with Crippen molar-refractivity contribution in [1.29, 1.82) is 0 Å². The minimum absolute atomic E-state index is 0.0359. The number of allylic oxidation sites excluding steroid dienone is 19. The predicted molar refractivity (Wildman–Crippen MR) is 330 cm³/mol. The molecular weight excluding hydrogens is 976 g/mol. The number of esters is 1. The zero-order valence-corrected chi connectivity index (χ0v) is 51.0. The molecule has 10 heteroatoms. The van der Waals surface area contributed by atoms with Crippen LogP contribution in [0.5, 0.6) is 0 Å². The maximum absolute atomic E-state index is 13.5. The van der Waals surface area contributed by atoms with Gasteiger partial charge in [0.1, 0.15) is 19.3 Å². The van der Waals surface area contributed by atoms with Gasteiger partial charge in [-0.25, -0.2) is 0 Å². The number of phosphoric acid groups is 1. The maximum atomic E-state index is 13.5. The number of carbonyl (C=O) groups excluding carboxylic acids is 2. The Morgan fingerprint density at radius 1 is 0.481 bits per heavy atom. The highest BCUT2D eigenvalue weighted by Crippen LogP contribution is 2.38. The van der Waals surface area contributed by atoms with Gasteiger partial charge in [0.15, 0.2) is 0 Å². The van der Waals surface area contributed by atoms with Crippen LogP contribution in [-0.2, 0) is 27.9 Å². The van der Waals surface area contributed by atoms with Crippen molar-refractivity contribution in [3.8, 4) is 0 Å². The summed E-state index contributed by atoms with van der Waals surface area (Å²) in [6, 6.07) is -0.914. The van der Waals surface area contributed by atoms with Crippen LogP contribution < -0.4 is 10.2 Å². The van der Waals surface area contributed by atoms with Gasteiger partial charge < -0.3 is 28.5 Å². The summed E-state index contributed by atoms with van der Waals surface area (Å²) >= 11 is 0. The van der Waals surface area contributed by atoms with E-state index in [4.69, 9.17) is 13.8 Å². The van der Waals surface area contributed by atoms with Crippen molar-refractivity contribution in [3.05, 3.63) is 122 Å². The maximum Gasteiger partial charge on any atom is 0.306 e. The monoisotopic (exact) mass is 1090 g/mol. The number of phosphoric ester groups is 1. The van der Waals surface area contributed by atoms with E-state index in [9.17, 15) is 19.0 Å². The van der Waals surface area contributed by atoms with E-state index < -0.39 is 26.6 Å². The fourth-order valence-electron chi connectivity index (χ4n) is 8.23. The second-order valence-corrected chi connectivity index (χ2v) is 22.9. The van der Waals surface area contributed by atoms with Crippen LogP contribution in [0, 0.1) is 0 Å². The fraction of sp³-hybridized carbons (Fsp3) is 0.672. The molecular formula is C67H115N2O7P. The molecule has 0 aromatic heterocycles. The second kappa shape index (κ2) is 55.7. The van der Waals surface area contributed by atoms with Gasteiger partial charge in [-0.1, -0.05) is 245 Å². The number of rotatable bonds is 54. The van der Waals surface area contributed by atoms with Gasteiger partial charge in [-0.05, 0) is 102 Å². The van der Waals surface area contributed by atoms with E-state index in [1.165, 1.54) is 77.0 Å². The van der Waals surface area contributed by atoms with Crippen LogP contribution in [0.2, 0.25) is 0 Å². The van der Waals surface area contributed by atoms with Crippen LogP contribution in [0.1, 0.15) is 239 Å². The molecule has 0 radical (unpaired) electrons. The fourth-order valence-corrected chi connectivity index (χ4v) is 8.95. The Bertz CT molecular complexity index is 1730. The summed E-state index contributed by atoms with van der Waals surface area (Å²) in [7, 11) is 1.14. The van der Waals surface area contributed by atoms with E-state index in [0.29, 0.717) is 30.3 Å². The average Bonchev–Trinajstić information content (AvgIpc) is 3.39. The number of nitrogens with zero attached hydrogens (tertiary/aromatic N) is 1. The molecule has 0 aromatic rings. The van der Waals surface area contributed by atoms with Crippen molar-refractivity contribution in [2.75, 3.05) is 40.9 Å². The molecule has 77 heavy (non-hydrogen) atoms. The largest absolute Gasteiger partial charge is 0.756 e. The van der Waals surface area contributed by atoms with Crippen LogP contribution in [0.25, 0.3) is 0 Å². The average molecular weight is 1090 g/mol. The summed E-state index contributed by atoms with van der Waals surface area (Å²) in [6.07, 6.45) is 77.3. The quantitative estimate of drug-likeness (QED) is 0.0161. The van der Waals surface area contributed by atoms with Crippen LogP contribution >= 0.6 is 7.82 Å². The van der Waals surface area contributed by atoms with Crippen LogP contribution in [0.3, 0.4) is 0 Å². The van der Waals surface area contributed by atoms with Gasteiger partial charge in [-0.3, -0.25) is 14.2 Å². The SMILES string of the molecule is CC/C=C\C/C=C\C/C=C\C/C=C\C/C=C\C/C=C\CCCCCCC(=O)OC(/C=C\CCCCCCCCCCCCC)C(COP(=O)([O-])OCC[N+](C)(C)C)NC(=O)CCCCCCCCC/C=C/C=C/C=C/CC. The molecule has 0 fully saturated rings. The topological polar surface area (TPSA) is 114 Å². The van der Waals surface area contributed by atoms with Crippen molar-refractivity contribution in [2.24, 2.45) is 0 Å². The molecule has 0 aromatic carbocycles. The first-order valence-electron chi connectivity index (χ1n) is 30.9. The van der Waals surface area contributed by atoms with Gasteiger partial charge in [0.25, 0.3) is 7.82 Å². The Labute approximate surface area is 473 Å². The van der Waals surface area contributed by atoms with E-state index in [1.54, 1.807) is 0 Å². The molecule has 3 atom stereocenters. The van der Waals surface area contributed by atoms with Crippen LogP contribution in [0.15, 0.2) is 122 Å². The first kappa shape index (κ1) is 73.4. The second-order valence-electron chi connectivity index (χ2n) is 21.5. The predicted octanol–water partition coefficient (Wildman–Crippen LogP) is 18.5. The third-order valence-electron chi connectivity index (χ3n) is 12.9. The first-order valence-corrected chi connectivity index (χ1v) is 32.3. The molecule has 0 aliphatic rings. The smallest absolute Gasteiger partial charge is 0.306 e. The highest BCUT2D eigenvalue weighted by molar-refractivity contribution is 7.45. The van der Waals surface area contributed by atoms with Crippen molar-refractivity contribution >= 4 is 19.7 Å². The molecule has 440 valence electrons. The minimum atomic E-state index is -4.72. The zero-order chi connectivity index (χ0) is 56.4. The highest BCUT2D eigenvalue weighted by atomic mass is 31.2. The first-order chi connectivity index (χ1) is 37.4. The van der Waals surface area contributed by atoms with Crippen LogP contribution in [0.4, 0.5) is 0 Å². The minimum Gasteiger partial charge on any atom is -0.756 e. The summed E-state index contributed by atoms with van der Waals surface area (Å²) in [6.45, 7) is 6.56. The number of unbranched alkanes of at least 4 members (excludes halogenated alkanes) is 22. The number of likely N-dealkylation sites (N-methyl/N-ethyl adjacent to an activating group) is 1. The van der Waals surface area contributed by atoms with Gasteiger partial charge in [0.05, 0.1) is 33.8 Å². The number of ether oxygens (including phenoxy) is 1. The molecule has 0 heterocycles. The Kier molecular flexibility index (Phi) is 53.1. The highest BCUT2D eigenvalue weighted by Gasteiger charge is 2.27. The molecule has 0 saturated carbocycles. The summed E-state index contributed by atoms with van der Waals surface area (Å²) in [5, 5.41) is 3.01. The number of quaternary nitrogens is 1. The van der Waals surface area contributed by atoms with Gasteiger partial charge in [0, 0.05) is 12.8 Å². The normalized spacial score (nSPS) is 14.5. The summed E-state index contributed by atoms with van der Waals surface area (Å²) in [4.78, 5) is 40.0. The molecule has 0 aliphatic carbocycles. The molecule has 1 amide bonds. The Morgan fingerprint density at radius 2 is 0.896 bits per heavy atom. The van der Waals surface area contributed by atoms with E-state index in [1.807, 2.05) is 33.3 Å². The number of carbonyl (C=O) groups is 2. The number of nitrogens with one attached hydrogen (secondary N) is 1. The van der Waals surface area contributed by atoms with Crippen LogP contribution in [-0.4, -0.2) is 69.4 Å².